The van der Waals surface area contributed by atoms with Crippen molar-refractivity contribution in [2.24, 2.45) is 0 Å². The molecule has 1 aromatic heterocycles. The Morgan fingerprint density at radius 1 is 1.38 bits per heavy atom. The first kappa shape index (κ1) is 14.0. The van der Waals surface area contributed by atoms with Crippen LogP contribution in [0.4, 0.5) is 5.13 Å². The summed E-state index contributed by atoms with van der Waals surface area (Å²) in [6, 6.07) is 6.89. The molecule has 2 aromatic rings. The molecule has 1 unspecified atom stereocenters. The number of hydrogen-bond acceptors (Lipinski definition) is 6. The standard InChI is InChI=1S/C14H15N3O3S/c1-19-10-6-4-9(5-7-10)12(18)15-14-17-16-13(21-14)11-3-2-8-20-11/h4-7,11H,2-3,8H2,1H3,(H,15,17,18). The van der Waals surface area contributed by atoms with E-state index in [0.717, 1.165) is 24.5 Å². The molecule has 1 amide bonds. The first-order valence-electron chi connectivity index (χ1n) is 6.66. The summed E-state index contributed by atoms with van der Waals surface area (Å²) >= 11 is 1.36. The molecule has 0 radical (unpaired) electrons. The van der Waals surface area contributed by atoms with E-state index in [9.17, 15) is 4.79 Å². The Bertz CT molecular complexity index is 621. The normalized spacial score (nSPS) is 17.7. The average molecular weight is 305 g/mol. The molecule has 1 aliphatic heterocycles. The summed E-state index contributed by atoms with van der Waals surface area (Å²) in [5.41, 5.74) is 0.546. The van der Waals surface area contributed by atoms with Crippen LogP contribution in [0.25, 0.3) is 0 Å². The highest BCUT2D eigenvalue weighted by Gasteiger charge is 2.22. The van der Waals surface area contributed by atoms with E-state index in [1.54, 1.807) is 31.4 Å². The molecule has 0 spiro atoms. The van der Waals surface area contributed by atoms with Gasteiger partial charge in [-0.05, 0) is 37.1 Å². The van der Waals surface area contributed by atoms with Crippen molar-refractivity contribution in [2.45, 2.75) is 18.9 Å². The van der Waals surface area contributed by atoms with E-state index < -0.39 is 0 Å². The maximum atomic E-state index is 12.1. The molecule has 110 valence electrons. The Kier molecular flexibility index (Phi) is 4.12. The van der Waals surface area contributed by atoms with Gasteiger partial charge in [0.05, 0.1) is 7.11 Å². The molecule has 6 nitrogen and oxygen atoms in total. The third kappa shape index (κ3) is 3.20. The van der Waals surface area contributed by atoms with E-state index in [4.69, 9.17) is 9.47 Å². The number of rotatable bonds is 4. The van der Waals surface area contributed by atoms with Crippen molar-refractivity contribution < 1.29 is 14.3 Å². The highest BCUT2D eigenvalue weighted by atomic mass is 32.1. The second-order valence-electron chi connectivity index (χ2n) is 4.63. The van der Waals surface area contributed by atoms with Crippen molar-refractivity contribution in [2.75, 3.05) is 19.0 Å². The minimum Gasteiger partial charge on any atom is -0.497 e. The van der Waals surface area contributed by atoms with Crippen LogP contribution in [0.2, 0.25) is 0 Å². The van der Waals surface area contributed by atoms with E-state index in [0.29, 0.717) is 16.4 Å². The zero-order chi connectivity index (χ0) is 14.7. The molecular weight excluding hydrogens is 290 g/mol. The maximum absolute atomic E-state index is 12.1. The summed E-state index contributed by atoms with van der Waals surface area (Å²) in [5, 5.41) is 12.1. The number of hydrogen-bond donors (Lipinski definition) is 1. The minimum absolute atomic E-state index is 0.0224. The van der Waals surface area contributed by atoms with Crippen LogP contribution in [0.15, 0.2) is 24.3 Å². The third-order valence-electron chi connectivity index (χ3n) is 3.22. The lowest BCUT2D eigenvalue weighted by atomic mass is 10.2. The van der Waals surface area contributed by atoms with Crippen LogP contribution in [0.3, 0.4) is 0 Å². The summed E-state index contributed by atoms with van der Waals surface area (Å²) in [5.74, 6) is 0.496. The van der Waals surface area contributed by atoms with Crippen molar-refractivity contribution in [1.82, 2.24) is 10.2 Å². The fraction of sp³-hybridized carbons (Fsp3) is 0.357. The Morgan fingerprint density at radius 3 is 2.86 bits per heavy atom. The van der Waals surface area contributed by atoms with Gasteiger partial charge in [0.25, 0.3) is 5.91 Å². The Labute approximate surface area is 126 Å². The van der Waals surface area contributed by atoms with Gasteiger partial charge in [0.15, 0.2) is 0 Å². The molecule has 1 fully saturated rings. The van der Waals surface area contributed by atoms with Crippen molar-refractivity contribution in [3.63, 3.8) is 0 Å². The molecule has 1 aromatic carbocycles. The van der Waals surface area contributed by atoms with Gasteiger partial charge in [0, 0.05) is 12.2 Å². The summed E-state index contributed by atoms with van der Waals surface area (Å²) in [4.78, 5) is 12.1. The monoisotopic (exact) mass is 305 g/mol. The largest absolute Gasteiger partial charge is 0.497 e. The van der Waals surface area contributed by atoms with E-state index >= 15 is 0 Å². The van der Waals surface area contributed by atoms with Gasteiger partial charge >= 0.3 is 0 Å². The number of aromatic nitrogens is 2. The molecule has 0 saturated carbocycles. The average Bonchev–Trinajstić information content (AvgIpc) is 3.18. The number of ether oxygens (including phenoxy) is 2. The number of benzene rings is 1. The van der Waals surface area contributed by atoms with Crippen molar-refractivity contribution >= 4 is 22.4 Å². The van der Waals surface area contributed by atoms with Crippen LogP contribution in [-0.2, 0) is 4.74 Å². The van der Waals surface area contributed by atoms with E-state index in [1.807, 2.05) is 0 Å². The predicted octanol–water partition coefficient (Wildman–Crippen LogP) is 2.65. The fourth-order valence-corrected chi connectivity index (χ4v) is 2.92. The molecule has 1 saturated heterocycles. The second kappa shape index (κ2) is 6.19. The van der Waals surface area contributed by atoms with Gasteiger partial charge in [-0.15, -0.1) is 10.2 Å². The molecule has 1 atom stereocenters. The van der Waals surface area contributed by atoms with Crippen molar-refractivity contribution in [3.05, 3.63) is 34.8 Å². The van der Waals surface area contributed by atoms with E-state index in [-0.39, 0.29) is 12.0 Å². The summed E-state index contributed by atoms with van der Waals surface area (Å²) < 4.78 is 10.6. The lowest BCUT2D eigenvalue weighted by molar-refractivity contribution is 0.102. The molecule has 3 rings (SSSR count). The van der Waals surface area contributed by atoms with Crippen LogP contribution in [0, 0.1) is 0 Å². The molecule has 7 heteroatoms. The van der Waals surface area contributed by atoms with E-state index in [2.05, 4.69) is 15.5 Å². The van der Waals surface area contributed by atoms with Crippen LogP contribution < -0.4 is 10.1 Å². The molecule has 1 aliphatic rings. The molecule has 21 heavy (non-hydrogen) atoms. The minimum atomic E-state index is -0.215. The summed E-state index contributed by atoms with van der Waals surface area (Å²) in [6.45, 7) is 0.762. The number of carbonyl (C=O) groups is 1. The molecule has 1 N–H and O–H groups in total. The van der Waals surface area contributed by atoms with Gasteiger partial charge in [-0.1, -0.05) is 11.3 Å². The first-order valence-corrected chi connectivity index (χ1v) is 7.48. The van der Waals surface area contributed by atoms with Crippen LogP contribution in [0.5, 0.6) is 5.75 Å². The van der Waals surface area contributed by atoms with Crippen LogP contribution in [0.1, 0.15) is 34.3 Å². The quantitative estimate of drug-likeness (QED) is 0.940. The lowest BCUT2D eigenvalue weighted by Crippen LogP contribution is -2.11. The lowest BCUT2D eigenvalue weighted by Gasteiger charge is -2.03. The molecule has 2 heterocycles. The van der Waals surface area contributed by atoms with Gasteiger partial charge in [0.2, 0.25) is 5.13 Å². The third-order valence-corrected chi connectivity index (χ3v) is 4.15. The van der Waals surface area contributed by atoms with Crippen molar-refractivity contribution in [1.29, 1.82) is 0 Å². The molecule has 0 bridgehead atoms. The van der Waals surface area contributed by atoms with Crippen LogP contribution in [-0.4, -0.2) is 29.8 Å². The highest BCUT2D eigenvalue weighted by molar-refractivity contribution is 7.15. The maximum Gasteiger partial charge on any atom is 0.257 e. The zero-order valence-electron chi connectivity index (χ0n) is 11.5. The van der Waals surface area contributed by atoms with Gasteiger partial charge < -0.3 is 9.47 Å². The second-order valence-corrected chi connectivity index (χ2v) is 5.64. The van der Waals surface area contributed by atoms with Gasteiger partial charge in [-0.25, -0.2) is 0 Å². The molecular formula is C14H15N3O3S. The Hall–Kier alpha value is -1.99. The number of methoxy groups -OCH3 is 1. The molecule has 0 aliphatic carbocycles. The summed E-state index contributed by atoms with van der Waals surface area (Å²) in [6.07, 6.45) is 2.02. The van der Waals surface area contributed by atoms with Crippen molar-refractivity contribution in [3.8, 4) is 5.75 Å². The number of nitrogens with one attached hydrogen (secondary N) is 1. The SMILES string of the molecule is COc1ccc(C(=O)Nc2nnc(C3CCCO3)s2)cc1. The number of amides is 1. The van der Waals surface area contributed by atoms with Crippen LogP contribution >= 0.6 is 11.3 Å². The van der Waals surface area contributed by atoms with Gasteiger partial charge in [0.1, 0.15) is 16.9 Å². The highest BCUT2D eigenvalue weighted by Crippen LogP contribution is 2.32. The summed E-state index contributed by atoms with van der Waals surface area (Å²) in [7, 11) is 1.59. The van der Waals surface area contributed by atoms with Gasteiger partial charge in [-0.2, -0.15) is 0 Å². The zero-order valence-corrected chi connectivity index (χ0v) is 12.4. The predicted molar refractivity (Wildman–Crippen MR) is 78.8 cm³/mol. The first-order chi connectivity index (χ1) is 10.3. The fourth-order valence-electron chi connectivity index (χ4n) is 2.10. The Balaban J connectivity index is 1.66. The Morgan fingerprint density at radius 2 is 2.19 bits per heavy atom. The van der Waals surface area contributed by atoms with Gasteiger partial charge in [-0.3, -0.25) is 10.1 Å². The smallest absolute Gasteiger partial charge is 0.257 e. The van der Waals surface area contributed by atoms with E-state index in [1.165, 1.54) is 11.3 Å². The number of carbonyl (C=O) groups excluding carboxylic acids is 1. The topological polar surface area (TPSA) is 73.3 Å². The number of anilines is 1. The number of nitrogens with zero attached hydrogens (tertiary/aromatic N) is 2.